The highest BCUT2D eigenvalue weighted by atomic mass is 79.9. The first kappa shape index (κ1) is 14.3. The van der Waals surface area contributed by atoms with Gasteiger partial charge in [0.2, 0.25) is 0 Å². The van der Waals surface area contributed by atoms with Gasteiger partial charge in [0.15, 0.2) is 0 Å². The monoisotopic (exact) mass is 345 g/mol. The Bertz CT molecular complexity index is 549. The van der Waals surface area contributed by atoms with Crippen LogP contribution in [0.2, 0.25) is 5.02 Å². The van der Waals surface area contributed by atoms with Crippen LogP contribution in [0.25, 0.3) is 5.70 Å². The molecule has 0 unspecified atom stereocenters. The van der Waals surface area contributed by atoms with Gasteiger partial charge in [-0.25, -0.2) is 8.78 Å². The van der Waals surface area contributed by atoms with Crippen LogP contribution >= 0.6 is 27.5 Å². The summed E-state index contributed by atoms with van der Waals surface area (Å²) in [5.41, 5.74) is 2.03. The zero-order valence-corrected chi connectivity index (χ0v) is 12.3. The maximum atomic E-state index is 12.7. The summed E-state index contributed by atoms with van der Waals surface area (Å²) in [4.78, 5) is 1.50. The quantitative estimate of drug-likeness (QED) is 0.740. The molecule has 1 aliphatic heterocycles. The Labute approximate surface area is 124 Å². The van der Waals surface area contributed by atoms with Crippen molar-refractivity contribution in [3.8, 4) is 0 Å². The summed E-state index contributed by atoms with van der Waals surface area (Å²) < 4.78 is 26.1. The lowest BCUT2D eigenvalue weighted by molar-refractivity contribution is 0.123. The van der Waals surface area contributed by atoms with Crippen molar-refractivity contribution >= 4 is 33.2 Å². The van der Waals surface area contributed by atoms with Gasteiger partial charge >= 0.3 is 0 Å². The molecule has 0 spiro atoms. The molecule has 0 radical (unpaired) electrons. The number of nitrogens with zero attached hydrogens (tertiary/aromatic N) is 1. The zero-order valence-electron chi connectivity index (χ0n) is 9.91. The molecule has 1 aliphatic rings. The van der Waals surface area contributed by atoms with Crippen LogP contribution in [0.5, 0.6) is 0 Å². The van der Waals surface area contributed by atoms with Gasteiger partial charge in [-0.3, -0.25) is 0 Å². The van der Waals surface area contributed by atoms with E-state index in [-0.39, 0.29) is 0 Å². The number of alkyl halides is 2. The van der Waals surface area contributed by atoms with Crippen LogP contribution in [0, 0.1) is 0 Å². The average Bonchev–Trinajstić information content (AvgIpc) is 2.36. The highest BCUT2D eigenvalue weighted by molar-refractivity contribution is 9.12. The molecule has 0 saturated carbocycles. The van der Waals surface area contributed by atoms with E-state index in [0.717, 1.165) is 5.56 Å². The maximum Gasteiger partial charge on any atom is 0.256 e. The van der Waals surface area contributed by atoms with E-state index in [2.05, 4.69) is 22.5 Å². The van der Waals surface area contributed by atoms with Crippen LogP contribution in [0.4, 0.5) is 8.78 Å². The molecule has 19 heavy (non-hydrogen) atoms. The highest BCUT2D eigenvalue weighted by Crippen LogP contribution is 2.34. The summed E-state index contributed by atoms with van der Waals surface area (Å²) in [5.74, 6) is 0. The SMILES string of the molecule is C=C1C(Br)=CC=C(c2ccc(Cl)cc2)N1CC(F)F. The minimum absolute atomic E-state index is 0.393. The van der Waals surface area contributed by atoms with Gasteiger partial charge in [-0.05, 0) is 45.8 Å². The van der Waals surface area contributed by atoms with E-state index in [1.54, 1.807) is 36.4 Å². The lowest BCUT2D eigenvalue weighted by Gasteiger charge is -2.31. The third-order valence-corrected chi connectivity index (χ3v) is 3.71. The lowest BCUT2D eigenvalue weighted by Crippen LogP contribution is -2.28. The van der Waals surface area contributed by atoms with Crippen molar-refractivity contribution < 1.29 is 8.78 Å². The molecule has 0 aliphatic carbocycles. The first-order chi connectivity index (χ1) is 8.99. The van der Waals surface area contributed by atoms with Crippen LogP contribution < -0.4 is 0 Å². The molecule has 100 valence electrons. The van der Waals surface area contributed by atoms with Crippen molar-refractivity contribution in [1.82, 2.24) is 4.90 Å². The first-order valence-electron chi connectivity index (χ1n) is 5.57. The number of hydrogen-bond donors (Lipinski definition) is 0. The van der Waals surface area contributed by atoms with E-state index < -0.39 is 13.0 Å². The molecule has 0 amide bonds. The summed E-state index contributed by atoms with van der Waals surface area (Å²) >= 11 is 9.14. The van der Waals surface area contributed by atoms with Gasteiger partial charge in [0.05, 0.1) is 6.54 Å². The molecule has 0 fully saturated rings. The Balaban J connectivity index is 2.39. The van der Waals surface area contributed by atoms with Crippen molar-refractivity contribution in [3.05, 3.63) is 63.8 Å². The second kappa shape index (κ2) is 5.88. The Hall–Kier alpha value is -1.13. The Morgan fingerprint density at radius 2 is 1.84 bits per heavy atom. The summed E-state index contributed by atoms with van der Waals surface area (Å²) in [6.07, 6.45) is 1.14. The second-order valence-corrected chi connectivity index (χ2v) is 5.31. The van der Waals surface area contributed by atoms with Gasteiger partial charge in [0, 0.05) is 20.9 Å². The smallest absolute Gasteiger partial charge is 0.256 e. The Kier molecular flexibility index (Phi) is 4.42. The number of rotatable bonds is 3. The van der Waals surface area contributed by atoms with Crippen LogP contribution in [-0.4, -0.2) is 17.9 Å². The van der Waals surface area contributed by atoms with Gasteiger partial charge in [-0.1, -0.05) is 30.3 Å². The Morgan fingerprint density at radius 1 is 1.21 bits per heavy atom. The third-order valence-electron chi connectivity index (χ3n) is 2.74. The van der Waals surface area contributed by atoms with Crippen molar-refractivity contribution in [1.29, 1.82) is 0 Å². The van der Waals surface area contributed by atoms with Crippen LogP contribution in [0.3, 0.4) is 0 Å². The Morgan fingerprint density at radius 3 is 2.42 bits per heavy atom. The van der Waals surface area contributed by atoms with Gasteiger partial charge in [0.1, 0.15) is 0 Å². The van der Waals surface area contributed by atoms with Gasteiger partial charge in [0.25, 0.3) is 6.43 Å². The summed E-state index contributed by atoms with van der Waals surface area (Å²) in [7, 11) is 0. The minimum atomic E-state index is -2.44. The van der Waals surface area contributed by atoms with Gasteiger partial charge < -0.3 is 4.90 Å². The van der Waals surface area contributed by atoms with E-state index in [4.69, 9.17) is 11.6 Å². The predicted octanol–water partition coefficient (Wildman–Crippen LogP) is 5.05. The number of halogens is 4. The van der Waals surface area contributed by atoms with Gasteiger partial charge in [-0.15, -0.1) is 0 Å². The van der Waals surface area contributed by atoms with E-state index >= 15 is 0 Å². The predicted molar refractivity (Wildman–Crippen MR) is 78.3 cm³/mol. The number of hydrogen-bond acceptors (Lipinski definition) is 1. The molecule has 0 atom stereocenters. The molecule has 5 heteroatoms. The second-order valence-electron chi connectivity index (χ2n) is 4.02. The summed E-state index contributed by atoms with van der Waals surface area (Å²) in [5, 5.41) is 0.608. The molecule has 1 aromatic carbocycles. The van der Waals surface area contributed by atoms with E-state index in [0.29, 0.717) is 20.9 Å². The number of allylic oxidation sites excluding steroid dienone is 3. The van der Waals surface area contributed by atoms with E-state index in [1.807, 2.05) is 0 Å². The fourth-order valence-corrected chi connectivity index (χ4v) is 2.30. The molecule has 1 heterocycles. The number of benzene rings is 1. The lowest BCUT2D eigenvalue weighted by atomic mass is 10.1. The maximum absolute atomic E-state index is 12.7. The fraction of sp³-hybridized carbons (Fsp3) is 0.143. The normalized spacial score (nSPS) is 15.6. The summed E-state index contributed by atoms with van der Waals surface area (Å²) in [6, 6.07) is 7.06. The topological polar surface area (TPSA) is 3.24 Å². The third kappa shape index (κ3) is 3.25. The molecule has 2 rings (SSSR count). The largest absolute Gasteiger partial charge is 0.335 e. The van der Waals surface area contributed by atoms with Crippen molar-refractivity contribution in [3.63, 3.8) is 0 Å². The van der Waals surface area contributed by atoms with Crippen LogP contribution in [-0.2, 0) is 0 Å². The average molecular weight is 347 g/mol. The zero-order chi connectivity index (χ0) is 14.0. The summed E-state index contributed by atoms with van der Waals surface area (Å²) in [6.45, 7) is 3.44. The van der Waals surface area contributed by atoms with E-state index in [1.165, 1.54) is 4.90 Å². The molecular formula is C14H11BrClF2N. The van der Waals surface area contributed by atoms with Crippen molar-refractivity contribution in [2.45, 2.75) is 6.43 Å². The van der Waals surface area contributed by atoms with Gasteiger partial charge in [-0.2, -0.15) is 0 Å². The molecule has 0 bridgehead atoms. The van der Waals surface area contributed by atoms with Crippen molar-refractivity contribution in [2.24, 2.45) is 0 Å². The molecule has 0 aromatic heterocycles. The van der Waals surface area contributed by atoms with E-state index in [9.17, 15) is 8.78 Å². The molecule has 1 nitrogen and oxygen atoms in total. The van der Waals surface area contributed by atoms with Crippen LogP contribution in [0.15, 0.2) is 53.2 Å². The standard InChI is InChI=1S/C14H11BrClF2N/c1-9-12(15)6-7-13(19(9)8-14(17)18)10-2-4-11(16)5-3-10/h2-7,14H,1,8H2. The molecule has 0 N–H and O–H groups in total. The molecule has 0 saturated heterocycles. The molecular weight excluding hydrogens is 336 g/mol. The fourth-order valence-electron chi connectivity index (χ4n) is 1.83. The van der Waals surface area contributed by atoms with Crippen LogP contribution in [0.1, 0.15) is 5.56 Å². The van der Waals surface area contributed by atoms with Crippen molar-refractivity contribution in [2.75, 3.05) is 6.54 Å². The highest BCUT2D eigenvalue weighted by Gasteiger charge is 2.22. The minimum Gasteiger partial charge on any atom is -0.335 e. The first-order valence-corrected chi connectivity index (χ1v) is 6.74. The molecule has 1 aromatic rings.